The van der Waals surface area contributed by atoms with Crippen molar-refractivity contribution in [2.24, 2.45) is 0 Å². The second-order valence-corrected chi connectivity index (χ2v) is 6.96. The molecule has 1 aliphatic heterocycles. The monoisotopic (exact) mass is 352 g/mol. The molecule has 1 atom stereocenters. The minimum atomic E-state index is -0.729. The number of furan rings is 1. The van der Waals surface area contributed by atoms with Gasteiger partial charge in [-0.1, -0.05) is 35.5 Å². The summed E-state index contributed by atoms with van der Waals surface area (Å²) in [6.45, 7) is 4.83. The number of aliphatic hydroxyl groups excluding tert-OH is 1. The van der Waals surface area contributed by atoms with E-state index >= 15 is 0 Å². The number of benzene rings is 1. The second-order valence-electron chi connectivity index (χ2n) is 6.96. The van der Waals surface area contributed by atoms with E-state index < -0.39 is 6.10 Å². The highest BCUT2D eigenvalue weighted by molar-refractivity contribution is 5.23. The van der Waals surface area contributed by atoms with Crippen LogP contribution in [0.1, 0.15) is 47.8 Å². The molecule has 1 fully saturated rings. The lowest BCUT2D eigenvalue weighted by Gasteiger charge is -2.31. The van der Waals surface area contributed by atoms with Gasteiger partial charge < -0.3 is 9.52 Å². The smallest absolute Gasteiger partial charge is 0.124 e. The minimum absolute atomic E-state index is 0.328. The second kappa shape index (κ2) is 7.43. The summed E-state index contributed by atoms with van der Waals surface area (Å²) in [5.41, 5.74) is 1.44. The van der Waals surface area contributed by atoms with Gasteiger partial charge in [-0.05, 0) is 37.5 Å². The Morgan fingerprint density at radius 2 is 1.92 bits per heavy atom. The molecule has 3 aromatic rings. The molecule has 0 saturated carbocycles. The van der Waals surface area contributed by atoms with Gasteiger partial charge in [-0.25, -0.2) is 4.68 Å². The van der Waals surface area contributed by atoms with Gasteiger partial charge in [0, 0.05) is 13.1 Å². The fourth-order valence-corrected chi connectivity index (χ4v) is 3.53. The molecule has 26 heavy (non-hydrogen) atoms. The van der Waals surface area contributed by atoms with Crippen LogP contribution in [0.15, 0.2) is 53.1 Å². The zero-order chi connectivity index (χ0) is 17.9. The van der Waals surface area contributed by atoms with Crippen LogP contribution < -0.4 is 0 Å². The Hall–Kier alpha value is -2.44. The van der Waals surface area contributed by atoms with Gasteiger partial charge in [0.2, 0.25) is 0 Å². The number of aliphatic hydroxyl groups is 1. The quantitative estimate of drug-likeness (QED) is 0.764. The molecule has 0 bridgehead atoms. The van der Waals surface area contributed by atoms with E-state index in [2.05, 4.69) is 21.3 Å². The molecular formula is C20H24N4O2. The third-order valence-corrected chi connectivity index (χ3v) is 5.03. The Morgan fingerprint density at radius 3 is 2.62 bits per heavy atom. The van der Waals surface area contributed by atoms with Crippen LogP contribution in [-0.2, 0) is 6.54 Å². The lowest BCUT2D eigenvalue weighted by Crippen LogP contribution is -2.34. The van der Waals surface area contributed by atoms with Gasteiger partial charge in [0.05, 0.1) is 18.8 Å². The highest BCUT2D eigenvalue weighted by Crippen LogP contribution is 2.25. The van der Waals surface area contributed by atoms with Crippen LogP contribution >= 0.6 is 0 Å². The van der Waals surface area contributed by atoms with Crippen LogP contribution in [0.4, 0.5) is 0 Å². The summed E-state index contributed by atoms with van der Waals surface area (Å²) >= 11 is 0. The molecule has 1 N–H and O–H groups in total. The van der Waals surface area contributed by atoms with Crippen molar-refractivity contribution < 1.29 is 9.52 Å². The zero-order valence-electron chi connectivity index (χ0n) is 15.0. The van der Waals surface area contributed by atoms with Crippen molar-refractivity contribution >= 4 is 0 Å². The van der Waals surface area contributed by atoms with E-state index in [0.29, 0.717) is 11.7 Å². The van der Waals surface area contributed by atoms with Crippen molar-refractivity contribution in [1.29, 1.82) is 0 Å². The van der Waals surface area contributed by atoms with E-state index in [4.69, 9.17) is 4.42 Å². The lowest BCUT2D eigenvalue weighted by atomic mass is 10.0. The first-order valence-electron chi connectivity index (χ1n) is 9.11. The average molecular weight is 352 g/mol. The number of aryl methyl sites for hydroxylation is 1. The standard InChI is InChI=1S/C20H24N4O2/c1-15-7-8-18(26-15)13-23-11-9-17(10-12-23)24-14-19(21-22-24)20(25)16-5-3-2-4-6-16/h2-8,14,17,20,25H,9-13H2,1H3/t20-/m1/s1. The summed E-state index contributed by atoms with van der Waals surface area (Å²) in [6.07, 6.45) is 3.19. The normalized spacial score (nSPS) is 17.5. The molecule has 1 saturated heterocycles. The fourth-order valence-electron chi connectivity index (χ4n) is 3.53. The maximum absolute atomic E-state index is 10.5. The molecule has 0 spiro atoms. The Bertz CT molecular complexity index is 834. The summed E-state index contributed by atoms with van der Waals surface area (Å²) in [5.74, 6) is 1.98. The first-order valence-corrected chi connectivity index (χ1v) is 9.11. The van der Waals surface area contributed by atoms with Gasteiger partial charge in [-0.2, -0.15) is 0 Å². The van der Waals surface area contributed by atoms with Crippen molar-refractivity contribution in [3.63, 3.8) is 0 Å². The average Bonchev–Trinajstić information content (AvgIpc) is 3.32. The topological polar surface area (TPSA) is 67.3 Å². The molecule has 0 unspecified atom stereocenters. The van der Waals surface area contributed by atoms with Crippen LogP contribution in [0.5, 0.6) is 0 Å². The van der Waals surface area contributed by atoms with Crippen LogP contribution in [0.2, 0.25) is 0 Å². The molecule has 6 heteroatoms. The van der Waals surface area contributed by atoms with E-state index in [9.17, 15) is 5.11 Å². The molecule has 0 radical (unpaired) electrons. The van der Waals surface area contributed by atoms with Gasteiger partial charge in [0.1, 0.15) is 23.3 Å². The number of hydrogen-bond acceptors (Lipinski definition) is 5. The van der Waals surface area contributed by atoms with Crippen LogP contribution in [0, 0.1) is 6.92 Å². The van der Waals surface area contributed by atoms with Crippen molar-refractivity contribution in [2.45, 2.75) is 38.5 Å². The van der Waals surface area contributed by atoms with Crippen molar-refractivity contribution in [2.75, 3.05) is 13.1 Å². The number of rotatable bonds is 5. The maximum Gasteiger partial charge on any atom is 0.124 e. The number of aromatic nitrogens is 3. The number of nitrogens with zero attached hydrogens (tertiary/aromatic N) is 4. The SMILES string of the molecule is Cc1ccc(CN2CCC(n3cc([C@H](O)c4ccccc4)nn3)CC2)o1. The molecule has 4 rings (SSSR count). The van der Waals surface area contributed by atoms with Crippen LogP contribution in [0.3, 0.4) is 0 Å². The molecule has 0 amide bonds. The summed E-state index contributed by atoms with van der Waals surface area (Å²) in [7, 11) is 0. The highest BCUT2D eigenvalue weighted by Gasteiger charge is 2.23. The van der Waals surface area contributed by atoms with Crippen LogP contribution in [-0.4, -0.2) is 38.1 Å². The summed E-state index contributed by atoms with van der Waals surface area (Å²) in [6, 6.07) is 14.0. The number of piperidine rings is 1. The zero-order valence-corrected chi connectivity index (χ0v) is 15.0. The molecule has 3 heterocycles. The molecular weight excluding hydrogens is 328 g/mol. The van der Waals surface area contributed by atoms with Gasteiger partial charge >= 0.3 is 0 Å². The van der Waals surface area contributed by atoms with E-state index in [-0.39, 0.29) is 0 Å². The van der Waals surface area contributed by atoms with Crippen molar-refractivity contribution in [1.82, 2.24) is 19.9 Å². The van der Waals surface area contributed by atoms with Gasteiger partial charge in [-0.3, -0.25) is 4.90 Å². The van der Waals surface area contributed by atoms with E-state index in [1.807, 2.05) is 54.2 Å². The van der Waals surface area contributed by atoms with Gasteiger partial charge in [0.25, 0.3) is 0 Å². The van der Waals surface area contributed by atoms with E-state index in [1.54, 1.807) is 0 Å². The van der Waals surface area contributed by atoms with E-state index in [1.165, 1.54) is 0 Å². The van der Waals surface area contributed by atoms with Gasteiger partial charge in [0.15, 0.2) is 0 Å². The summed E-state index contributed by atoms with van der Waals surface area (Å²) in [5, 5.41) is 18.9. The Labute approximate surface area is 153 Å². The van der Waals surface area contributed by atoms with Gasteiger partial charge in [-0.15, -0.1) is 5.10 Å². The first-order chi connectivity index (χ1) is 12.7. The maximum atomic E-state index is 10.5. The fraction of sp³-hybridized carbons (Fsp3) is 0.400. The number of likely N-dealkylation sites (tertiary alicyclic amines) is 1. The van der Waals surface area contributed by atoms with Crippen molar-refractivity contribution in [3.8, 4) is 0 Å². The first kappa shape index (κ1) is 17.0. The third kappa shape index (κ3) is 3.71. The summed E-state index contributed by atoms with van der Waals surface area (Å²) < 4.78 is 7.59. The molecule has 0 aliphatic carbocycles. The third-order valence-electron chi connectivity index (χ3n) is 5.03. The molecule has 2 aromatic heterocycles. The lowest BCUT2D eigenvalue weighted by molar-refractivity contribution is 0.161. The summed E-state index contributed by atoms with van der Waals surface area (Å²) in [4.78, 5) is 2.41. The predicted molar refractivity (Wildman–Crippen MR) is 97.5 cm³/mol. The number of hydrogen-bond donors (Lipinski definition) is 1. The highest BCUT2D eigenvalue weighted by atomic mass is 16.3. The predicted octanol–water partition coefficient (Wildman–Crippen LogP) is 3.10. The molecule has 136 valence electrons. The Morgan fingerprint density at radius 1 is 1.15 bits per heavy atom. The van der Waals surface area contributed by atoms with E-state index in [0.717, 1.165) is 49.6 Å². The largest absolute Gasteiger partial charge is 0.465 e. The van der Waals surface area contributed by atoms with Crippen molar-refractivity contribution in [3.05, 3.63) is 71.4 Å². The molecule has 1 aromatic carbocycles. The Kier molecular flexibility index (Phi) is 4.86. The van der Waals surface area contributed by atoms with Crippen LogP contribution in [0.25, 0.3) is 0 Å². The minimum Gasteiger partial charge on any atom is -0.465 e. The molecule has 6 nitrogen and oxygen atoms in total. The Balaban J connectivity index is 1.35. The molecule has 1 aliphatic rings.